The summed E-state index contributed by atoms with van der Waals surface area (Å²) < 4.78 is 15.1. The predicted molar refractivity (Wildman–Crippen MR) is 92.8 cm³/mol. The number of rotatable bonds is 5. The highest BCUT2D eigenvalue weighted by Gasteiger charge is 2.17. The quantitative estimate of drug-likeness (QED) is 0.702. The maximum Gasteiger partial charge on any atom is 0.276 e. The summed E-state index contributed by atoms with van der Waals surface area (Å²) in [7, 11) is 1.67. The van der Waals surface area contributed by atoms with Gasteiger partial charge in [-0.05, 0) is 17.7 Å². The topological polar surface area (TPSA) is 51.0 Å². The van der Waals surface area contributed by atoms with Crippen molar-refractivity contribution in [2.75, 3.05) is 7.05 Å². The van der Waals surface area contributed by atoms with Gasteiger partial charge in [0, 0.05) is 24.2 Å². The fraction of sp³-hybridized carbons (Fsp3) is 0.167. The second-order valence-electron chi connectivity index (χ2n) is 5.65. The number of amides is 1. The van der Waals surface area contributed by atoms with Crippen molar-refractivity contribution in [2.24, 2.45) is 0 Å². The third kappa shape index (κ3) is 4.03. The Hall–Kier alpha value is -2.73. The number of benzene rings is 2. The summed E-state index contributed by atoms with van der Waals surface area (Å²) in [4.78, 5) is 14.0. The first-order valence-corrected chi connectivity index (χ1v) is 8.05. The highest BCUT2D eigenvalue weighted by molar-refractivity contribution is 6.31. The van der Waals surface area contributed by atoms with Crippen LogP contribution in [0.3, 0.4) is 0 Å². The summed E-state index contributed by atoms with van der Waals surface area (Å²) in [6, 6.07) is 13.8. The summed E-state index contributed by atoms with van der Waals surface area (Å²) in [5, 5.41) is 8.40. The molecule has 0 N–H and O–H groups in total. The molecule has 0 bridgehead atoms. The van der Waals surface area contributed by atoms with Crippen LogP contribution in [0.2, 0.25) is 5.02 Å². The molecule has 25 heavy (non-hydrogen) atoms. The Balaban J connectivity index is 1.70. The van der Waals surface area contributed by atoms with Gasteiger partial charge in [0.25, 0.3) is 5.91 Å². The monoisotopic (exact) mass is 358 g/mol. The average molecular weight is 359 g/mol. The van der Waals surface area contributed by atoms with E-state index in [9.17, 15) is 9.18 Å². The molecule has 0 aliphatic carbocycles. The van der Waals surface area contributed by atoms with E-state index in [-0.39, 0.29) is 24.0 Å². The minimum Gasteiger partial charge on any atom is -0.336 e. The number of hydrogen-bond acceptors (Lipinski definition) is 3. The van der Waals surface area contributed by atoms with Crippen molar-refractivity contribution in [1.29, 1.82) is 0 Å². The zero-order valence-corrected chi connectivity index (χ0v) is 14.3. The van der Waals surface area contributed by atoms with E-state index >= 15 is 0 Å². The van der Waals surface area contributed by atoms with Crippen molar-refractivity contribution in [3.8, 4) is 0 Å². The third-order valence-corrected chi connectivity index (χ3v) is 4.13. The van der Waals surface area contributed by atoms with Crippen LogP contribution >= 0.6 is 11.6 Å². The molecular weight excluding hydrogens is 343 g/mol. The summed E-state index contributed by atoms with van der Waals surface area (Å²) in [6.45, 7) is 0.569. The molecule has 0 fully saturated rings. The molecule has 0 radical (unpaired) electrons. The van der Waals surface area contributed by atoms with Gasteiger partial charge >= 0.3 is 0 Å². The van der Waals surface area contributed by atoms with Gasteiger partial charge in [-0.2, -0.15) is 0 Å². The minimum absolute atomic E-state index is 0.200. The van der Waals surface area contributed by atoms with Gasteiger partial charge < -0.3 is 4.90 Å². The lowest BCUT2D eigenvalue weighted by molar-refractivity contribution is 0.0779. The largest absolute Gasteiger partial charge is 0.336 e. The van der Waals surface area contributed by atoms with Crippen LogP contribution in [0.4, 0.5) is 4.39 Å². The molecule has 0 aliphatic rings. The Morgan fingerprint density at radius 2 is 1.84 bits per heavy atom. The fourth-order valence-electron chi connectivity index (χ4n) is 2.42. The van der Waals surface area contributed by atoms with Crippen molar-refractivity contribution in [3.63, 3.8) is 0 Å². The molecule has 3 rings (SSSR count). The molecule has 0 saturated heterocycles. The van der Waals surface area contributed by atoms with Crippen molar-refractivity contribution in [2.45, 2.75) is 13.1 Å². The van der Waals surface area contributed by atoms with Gasteiger partial charge in [0.2, 0.25) is 0 Å². The predicted octanol–water partition coefficient (Wildman–Crippen LogP) is 3.39. The number of nitrogens with zero attached hydrogens (tertiary/aromatic N) is 4. The van der Waals surface area contributed by atoms with Gasteiger partial charge in [0.05, 0.1) is 12.7 Å². The lowest BCUT2D eigenvalue weighted by Crippen LogP contribution is -2.26. The Labute approximate surface area is 149 Å². The van der Waals surface area contributed by atoms with Crippen molar-refractivity contribution in [3.05, 3.63) is 82.4 Å². The highest BCUT2D eigenvalue weighted by atomic mass is 35.5. The second kappa shape index (κ2) is 7.44. The van der Waals surface area contributed by atoms with Crippen LogP contribution in [0.15, 0.2) is 54.7 Å². The van der Waals surface area contributed by atoms with Crippen LogP contribution in [-0.4, -0.2) is 32.8 Å². The molecule has 5 nitrogen and oxygen atoms in total. The van der Waals surface area contributed by atoms with Crippen LogP contribution in [0.5, 0.6) is 0 Å². The standard InChI is InChI=1S/C18H16ClFN4O/c1-23(10-13-6-2-4-8-15(13)19)18(25)17-12-24(22-21-17)11-14-7-3-5-9-16(14)20/h2-9,12H,10-11H2,1H3. The molecule has 1 amide bonds. The molecule has 7 heteroatoms. The van der Waals surface area contributed by atoms with Crippen LogP contribution in [0.1, 0.15) is 21.6 Å². The van der Waals surface area contributed by atoms with Gasteiger partial charge in [0.15, 0.2) is 5.69 Å². The number of carbonyl (C=O) groups is 1. The molecule has 0 saturated carbocycles. The van der Waals surface area contributed by atoms with E-state index in [0.29, 0.717) is 17.1 Å². The number of carbonyl (C=O) groups excluding carboxylic acids is 1. The summed E-state index contributed by atoms with van der Waals surface area (Å²) in [6.07, 6.45) is 1.51. The molecule has 0 aliphatic heterocycles. The second-order valence-corrected chi connectivity index (χ2v) is 6.05. The number of aromatic nitrogens is 3. The van der Waals surface area contributed by atoms with E-state index in [0.717, 1.165) is 5.56 Å². The number of hydrogen-bond donors (Lipinski definition) is 0. The summed E-state index contributed by atoms with van der Waals surface area (Å²) in [5.41, 5.74) is 1.53. The van der Waals surface area contributed by atoms with Gasteiger partial charge in [0.1, 0.15) is 5.82 Å². The van der Waals surface area contributed by atoms with Gasteiger partial charge in [-0.25, -0.2) is 9.07 Å². The van der Waals surface area contributed by atoms with Gasteiger partial charge in [-0.3, -0.25) is 4.79 Å². The maximum absolute atomic E-state index is 13.7. The zero-order valence-electron chi connectivity index (χ0n) is 13.6. The van der Waals surface area contributed by atoms with E-state index in [2.05, 4.69) is 10.3 Å². The normalized spacial score (nSPS) is 10.7. The van der Waals surface area contributed by atoms with Gasteiger partial charge in [-0.1, -0.05) is 53.2 Å². The van der Waals surface area contributed by atoms with Crippen molar-refractivity contribution >= 4 is 17.5 Å². The van der Waals surface area contributed by atoms with E-state index < -0.39 is 0 Å². The molecule has 3 aromatic rings. The first-order chi connectivity index (χ1) is 12.0. The van der Waals surface area contributed by atoms with Crippen LogP contribution in [0.25, 0.3) is 0 Å². The number of halogens is 2. The molecular formula is C18H16ClFN4O. The average Bonchev–Trinajstić information content (AvgIpc) is 3.07. The molecule has 2 aromatic carbocycles. The highest BCUT2D eigenvalue weighted by Crippen LogP contribution is 2.17. The molecule has 1 aromatic heterocycles. The molecule has 0 atom stereocenters. The molecule has 0 spiro atoms. The van der Waals surface area contributed by atoms with Crippen molar-refractivity contribution < 1.29 is 9.18 Å². The Kier molecular flexibility index (Phi) is 5.09. The smallest absolute Gasteiger partial charge is 0.276 e. The van der Waals surface area contributed by atoms with Crippen LogP contribution < -0.4 is 0 Å². The van der Waals surface area contributed by atoms with Gasteiger partial charge in [-0.15, -0.1) is 5.10 Å². The minimum atomic E-state index is -0.318. The van der Waals surface area contributed by atoms with Crippen LogP contribution in [0, 0.1) is 5.82 Å². The van der Waals surface area contributed by atoms with Crippen LogP contribution in [-0.2, 0) is 13.1 Å². The fourth-order valence-corrected chi connectivity index (χ4v) is 2.62. The molecule has 128 valence electrons. The Morgan fingerprint density at radius 3 is 2.56 bits per heavy atom. The first kappa shape index (κ1) is 17.1. The Bertz CT molecular complexity index is 896. The maximum atomic E-state index is 13.7. The van der Waals surface area contributed by atoms with E-state index in [1.807, 2.05) is 18.2 Å². The third-order valence-electron chi connectivity index (χ3n) is 3.76. The summed E-state index contributed by atoms with van der Waals surface area (Å²) in [5.74, 6) is -0.596. The molecule has 0 unspecified atom stereocenters. The Morgan fingerprint density at radius 1 is 1.16 bits per heavy atom. The van der Waals surface area contributed by atoms with E-state index in [1.165, 1.54) is 21.8 Å². The lowest BCUT2D eigenvalue weighted by Gasteiger charge is -2.16. The molecule has 1 heterocycles. The SMILES string of the molecule is CN(Cc1ccccc1Cl)C(=O)c1cn(Cc2ccccc2F)nn1. The van der Waals surface area contributed by atoms with E-state index in [1.54, 1.807) is 31.3 Å². The van der Waals surface area contributed by atoms with E-state index in [4.69, 9.17) is 11.6 Å². The zero-order chi connectivity index (χ0) is 17.8. The van der Waals surface area contributed by atoms with Crippen molar-refractivity contribution in [1.82, 2.24) is 19.9 Å². The first-order valence-electron chi connectivity index (χ1n) is 7.67. The lowest BCUT2D eigenvalue weighted by atomic mass is 10.2. The summed E-state index contributed by atoms with van der Waals surface area (Å²) >= 11 is 6.12.